The zero-order chi connectivity index (χ0) is 14.4. The van der Waals surface area contributed by atoms with Crippen LogP contribution < -0.4 is 5.32 Å². The number of nitrogens with one attached hydrogen (secondary N) is 1. The minimum Gasteiger partial charge on any atom is -0.355 e. The summed E-state index contributed by atoms with van der Waals surface area (Å²) in [5, 5.41) is 5.95. The molecule has 0 aliphatic heterocycles. The van der Waals surface area contributed by atoms with Crippen molar-refractivity contribution in [3.8, 4) is 0 Å². The Kier molecular flexibility index (Phi) is 5.24. The van der Waals surface area contributed by atoms with Crippen LogP contribution in [0.1, 0.15) is 36.2 Å². The van der Waals surface area contributed by atoms with Gasteiger partial charge in [-0.15, -0.1) is 11.3 Å². The molecule has 5 heteroatoms. The van der Waals surface area contributed by atoms with E-state index in [1.165, 1.54) is 0 Å². The lowest BCUT2D eigenvalue weighted by Gasteiger charge is -2.03. The normalized spacial score (nSPS) is 10.8. The van der Waals surface area contributed by atoms with Crippen molar-refractivity contribution in [3.63, 3.8) is 0 Å². The largest absolute Gasteiger partial charge is 0.355 e. The molecule has 0 atom stereocenters. The molecular formula is C15H19N3OS. The molecule has 2 aromatic heterocycles. The Morgan fingerprint density at radius 3 is 2.85 bits per heavy atom. The molecule has 2 aromatic rings. The molecule has 0 saturated carbocycles. The third kappa shape index (κ3) is 4.42. The van der Waals surface area contributed by atoms with Gasteiger partial charge in [0.05, 0.1) is 17.1 Å². The Bertz CT molecular complexity index is 551. The fourth-order valence-corrected chi connectivity index (χ4v) is 2.61. The standard InChI is InChI=1S/C15H19N3OS/c1-11(2)15-18-13(10-20-15)9-14(19)17-8-6-12-5-3-4-7-16-12/h3-5,7,10-11H,6,8-9H2,1-2H3,(H,17,19). The molecule has 0 aliphatic carbocycles. The Labute approximate surface area is 123 Å². The SMILES string of the molecule is CC(C)c1nc(CC(=O)NCCc2ccccn2)cs1. The van der Waals surface area contributed by atoms with Gasteiger partial charge in [-0.2, -0.15) is 0 Å². The lowest BCUT2D eigenvalue weighted by atomic mass is 10.2. The van der Waals surface area contributed by atoms with Crippen LogP contribution in [0.2, 0.25) is 0 Å². The van der Waals surface area contributed by atoms with E-state index in [9.17, 15) is 4.79 Å². The van der Waals surface area contributed by atoms with Gasteiger partial charge in [-0.3, -0.25) is 9.78 Å². The first-order valence-electron chi connectivity index (χ1n) is 6.76. The maximum atomic E-state index is 11.8. The fourth-order valence-electron chi connectivity index (χ4n) is 1.77. The van der Waals surface area contributed by atoms with Crippen molar-refractivity contribution in [3.05, 3.63) is 46.2 Å². The topological polar surface area (TPSA) is 54.9 Å². The highest BCUT2D eigenvalue weighted by molar-refractivity contribution is 7.09. The van der Waals surface area contributed by atoms with Crippen molar-refractivity contribution < 1.29 is 4.79 Å². The molecular weight excluding hydrogens is 270 g/mol. The summed E-state index contributed by atoms with van der Waals surface area (Å²) in [7, 11) is 0. The zero-order valence-corrected chi connectivity index (χ0v) is 12.6. The van der Waals surface area contributed by atoms with Crippen LogP contribution in [0.15, 0.2) is 29.8 Å². The fraction of sp³-hybridized carbons (Fsp3) is 0.400. The maximum absolute atomic E-state index is 11.8. The summed E-state index contributed by atoms with van der Waals surface area (Å²) in [6.07, 6.45) is 2.87. The van der Waals surface area contributed by atoms with Crippen molar-refractivity contribution >= 4 is 17.2 Å². The van der Waals surface area contributed by atoms with Crippen LogP contribution in [0.4, 0.5) is 0 Å². The number of hydrogen-bond acceptors (Lipinski definition) is 4. The van der Waals surface area contributed by atoms with Crippen molar-refractivity contribution in [2.45, 2.75) is 32.6 Å². The Morgan fingerprint density at radius 2 is 2.20 bits per heavy atom. The summed E-state index contributed by atoms with van der Waals surface area (Å²) in [6.45, 7) is 4.82. The summed E-state index contributed by atoms with van der Waals surface area (Å²) in [5.74, 6) is 0.433. The molecule has 1 amide bonds. The number of carbonyl (C=O) groups is 1. The number of aromatic nitrogens is 2. The molecule has 4 nitrogen and oxygen atoms in total. The van der Waals surface area contributed by atoms with Crippen LogP contribution in [0.5, 0.6) is 0 Å². The molecule has 0 fully saturated rings. The minimum absolute atomic E-state index is 0.0153. The summed E-state index contributed by atoms with van der Waals surface area (Å²) in [5.41, 5.74) is 1.84. The summed E-state index contributed by atoms with van der Waals surface area (Å²) in [4.78, 5) is 20.5. The van der Waals surface area contributed by atoms with Gasteiger partial charge in [0, 0.05) is 36.2 Å². The zero-order valence-electron chi connectivity index (χ0n) is 11.8. The van der Waals surface area contributed by atoms with Crippen LogP contribution in [-0.4, -0.2) is 22.4 Å². The van der Waals surface area contributed by atoms with E-state index in [0.717, 1.165) is 22.8 Å². The average Bonchev–Trinajstić information content (AvgIpc) is 2.88. The smallest absolute Gasteiger partial charge is 0.226 e. The van der Waals surface area contributed by atoms with Crippen LogP contribution >= 0.6 is 11.3 Å². The van der Waals surface area contributed by atoms with Gasteiger partial charge in [-0.05, 0) is 12.1 Å². The number of thiazole rings is 1. The Hall–Kier alpha value is -1.75. The van der Waals surface area contributed by atoms with Gasteiger partial charge in [0.2, 0.25) is 5.91 Å². The van der Waals surface area contributed by atoms with E-state index in [2.05, 4.69) is 29.1 Å². The Morgan fingerprint density at radius 1 is 1.35 bits per heavy atom. The van der Waals surface area contributed by atoms with Crippen molar-refractivity contribution in [2.24, 2.45) is 0 Å². The van der Waals surface area contributed by atoms with Crippen LogP contribution in [0, 0.1) is 0 Å². The minimum atomic E-state index is 0.0153. The van der Waals surface area contributed by atoms with Crippen LogP contribution in [0.25, 0.3) is 0 Å². The monoisotopic (exact) mass is 289 g/mol. The van der Waals surface area contributed by atoms with Crippen molar-refractivity contribution in [2.75, 3.05) is 6.54 Å². The first-order valence-corrected chi connectivity index (χ1v) is 7.64. The van der Waals surface area contributed by atoms with Gasteiger partial charge in [0.15, 0.2) is 0 Å². The number of carbonyl (C=O) groups excluding carboxylic acids is 1. The van der Waals surface area contributed by atoms with Crippen molar-refractivity contribution in [1.29, 1.82) is 0 Å². The van der Waals surface area contributed by atoms with Gasteiger partial charge in [0.25, 0.3) is 0 Å². The van der Waals surface area contributed by atoms with Gasteiger partial charge in [0.1, 0.15) is 0 Å². The number of amides is 1. The summed E-state index contributed by atoms with van der Waals surface area (Å²) < 4.78 is 0. The lowest BCUT2D eigenvalue weighted by Crippen LogP contribution is -2.27. The highest BCUT2D eigenvalue weighted by atomic mass is 32.1. The molecule has 0 unspecified atom stereocenters. The quantitative estimate of drug-likeness (QED) is 0.889. The van der Waals surface area contributed by atoms with Gasteiger partial charge >= 0.3 is 0 Å². The van der Waals surface area contributed by atoms with E-state index in [1.54, 1.807) is 17.5 Å². The summed E-state index contributed by atoms with van der Waals surface area (Å²) >= 11 is 1.62. The summed E-state index contributed by atoms with van der Waals surface area (Å²) in [6, 6.07) is 5.80. The average molecular weight is 289 g/mol. The molecule has 0 radical (unpaired) electrons. The van der Waals surface area contributed by atoms with Gasteiger partial charge < -0.3 is 5.32 Å². The van der Waals surface area contributed by atoms with Gasteiger partial charge in [-0.1, -0.05) is 19.9 Å². The molecule has 0 saturated heterocycles. The Balaban J connectivity index is 1.75. The van der Waals surface area contributed by atoms with Crippen molar-refractivity contribution in [1.82, 2.24) is 15.3 Å². The molecule has 106 valence electrons. The molecule has 0 aliphatic rings. The van der Waals surface area contributed by atoms with E-state index in [1.807, 2.05) is 23.6 Å². The second kappa shape index (κ2) is 7.14. The molecule has 1 N–H and O–H groups in total. The highest BCUT2D eigenvalue weighted by Gasteiger charge is 2.09. The molecule has 0 bridgehead atoms. The van der Waals surface area contributed by atoms with E-state index < -0.39 is 0 Å². The second-order valence-electron chi connectivity index (χ2n) is 4.93. The number of hydrogen-bond donors (Lipinski definition) is 1. The van der Waals surface area contributed by atoms with E-state index in [-0.39, 0.29) is 5.91 Å². The molecule has 2 heterocycles. The third-order valence-electron chi connectivity index (χ3n) is 2.83. The van der Waals surface area contributed by atoms with Crippen LogP contribution in [0.3, 0.4) is 0 Å². The first-order chi connectivity index (χ1) is 9.65. The number of nitrogens with zero attached hydrogens (tertiary/aromatic N) is 2. The van der Waals surface area contributed by atoms with E-state index >= 15 is 0 Å². The predicted octanol–water partition coefficient (Wildman–Crippen LogP) is 2.56. The van der Waals surface area contributed by atoms with E-state index in [4.69, 9.17) is 0 Å². The molecule has 2 rings (SSSR count). The van der Waals surface area contributed by atoms with Gasteiger partial charge in [-0.25, -0.2) is 4.98 Å². The highest BCUT2D eigenvalue weighted by Crippen LogP contribution is 2.19. The second-order valence-corrected chi connectivity index (χ2v) is 5.82. The third-order valence-corrected chi connectivity index (χ3v) is 4.03. The van der Waals surface area contributed by atoms with E-state index in [0.29, 0.717) is 18.9 Å². The maximum Gasteiger partial charge on any atom is 0.226 e. The number of rotatable bonds is 6. The molecule has 0 spiro atoms. The molecule has 20 heavy (non-hydrogen) atoms. The molecule has 0 aromatic carbocycles. The first kappa shape index (κ1) is 14.7. The lowest BCUT2D eigenvalue weighted by molar-refractivity contribution is -0.120. The number of pyridine rings is 1. The van der Waals surface area contributed by atoms with Crippen LogP contribution in [-0.2, 0) is 17.6 Å². The predicted molar refractivity (Wildman–Crippen MR) is 80.9 cm³/mol.